The maximum atomic E-state index is 12.6. The SMILES string of the molecule is CCOc1cc(CN(C)C(=O)CC(C)C2CCNCC2)ccc1OC(F)F.Cl. The Labute approximate surface area is 172 Å². The van der Waals surface area contributed by atoms with Crippen LogP contribution in [0.5, 0.6) is 11.5 Å². The van der Waals surface area contributed by atoms with Crippen molar-refractivity contribution < 1.29 is 23.0 Å². The highest BCUT2D eigenvalue weighted by atomic mass is 35.5. The van der Waals surface area contributed by atoms with E-state index in [1.807, 2.05) is 0 Å². The van der Waals surface area contributed by atoms with Gasteiger partial charge < -0.3 is 19.7 Å². The molecular formula is C20H31ClF2N2O3. The molecule has 0 radical (unpaired) electrons. The van der Waals surface area contributed by atoms with E-state index in [-0.39, 0.29) is 29.8 Å². The molecule has 0 aromatic heterocycles. The molecule has 1 N–H and O–H groups in total. The molecule has 1 fully saturated rings. The van der Waals surface area contributed by atoms with Gasteiger partial charge in [-0.1, -0.05) is 13.0 Å². The summed E-state index contributed by atoms with van der Waals surface area (Å²) in [5, 5.41) is 3.35. The second-order valence-corrected chi connectivity index (χ2v) is 7.11. The predicted molar refractivity (Wildman–Crippen MR) is 107 cm³/mol. The van der Waals surface area contributed by atoms with E-state index in [0.717, 1.165) is 31.5 Å². The van der Waals surface area contributed by atoms with Gasteiger partial charge in [0, 0.05) is 20.0 Å². The Hall–Kier alpha value is -1.60. The number of ether oxygens (including phenoxy) is 2. The number of hydrogen-bond donors (Lipinski definition) is 1. The number of carbonyl (C=O) groups excluding carboxylic acids is 1. The number of carbonyl (C=O) groups is 1. The fraction of sp³-hybridized carbons (Fsp3) is 0.650. The average Bonchev–Trinajstić information content (AvgIpc) is 2.64. The van der Waals surface area contributed by atoms with Crippen LogP contribution in [0.1, 0.15) is 38.7 Å². The van der Waals surface area contributed by atoms with E-state index in [4.69, 9.17) is 4.74 Å². The van der Waals surface area contributed by atoms with Gasteiger partial charge in [-0.2, -0.15) is 8.78 Å². The maximum Gasteiger partial charge on any atom is 0.387 e. The second-order valence-electron chi connectivity index (χ2n) is 7.11. The molecule has 1 saturated heterocycles. The Morgan fingerprint density at radius 1 is 1.29 bits per heavy atom. The molecule has 2 rings (SSSR count). The van der Waals surface area contributed by atoms with Crippen molar-refractivity contribution in [2.75, 3.05) is 26.7 Å². The van der Waals surface area contributed by atoms with Crippen molar-refractivity contribution in [2.45, 2.75) is 46.3 Å². The van der Waals surface area contributed by atoms with Crippen molar-refractivity contribution in [2.24, 2.45) is 11.8 Å². The van der Waals surface area contributed by atoms with Gasteiger partial charge in [0.2, 0.25) is 5.91 Å². The van der Waals surface area contributed by atoms with Crippen molar-refractivity contribution >= 4 is 18.3 Å². The molecule has 160 valence electrons. The lowest BCUT2D eigenvalue weighted by atomic mass is 9.84. The summed E-state index contributed by atoms with van der Waals surface area (Å²) in [4.78, 5) is 14.3. The molecule has 0 saturated carbocycles. The molecule has 5 nitrogen and oxygen atoms in total. The van der Waals surface area contributed by atoms with Gasteiger partial charge in [0.25, 0.3) is 0 Å². The maximum absolute atomic E-state index is 12.6. The number of nitrogens with one attached hydrogen (secondary N) is 1. The predicted octanol–water partition coefficient (Wildman–Crippen LogP) is 4.09. The zero-order chi connectivity index (χ0) is 19.8. The van der Waals surface area contributed by atoms with E-state index in [2.05, 4.69) is 17.0 Å². The Bertz CT molecular complexity index is 613. The number of halogens is 3. The van der Waals surface area contributed by atoms with E-state index >= 15 is 0 Å². The van der Waals surface area contributed by atoms with Gasteiger partial charge in [-0.15, -0.1) is 12.4 Å². The monoisotopic (exact) mass is 420 g/mol. The molecule has 0 aliphatic carbocycles. The molecule has 1 aromatic carbocycles. The lowest BCUT2D eigenvalue weighted by Crippen LogP contribution is -2.34. The van der Waals surface area contributed by atoms with Crippen LogP contribution in [0, 0.1) is 11.8 Å². The van der Waals surface area contributed by atoms with Crippen LogP contribution in [0.25, 0.3) is 0 Å². The standard InChI is InChI=1S/C20H30F2N2O3.ClH/c1-4-26-18-12-15(5-6-17(18)27-20(21)22)13-24(3)19(25)11-14(2)16-7-9-23-10-8-16;/h5-6,12,14,16,20,23H,4,7-11,13H2,1-3H3;1H. The highest BCUT2D eigenvalue weighted by Crippen LogP contribution is 2.30. The Balaban J connectivity index is 0.00000392. The molecule has 1 amide bonds. The zero-order valence-corrected chi connectivity index (χ0v) is 17.6. The van der Waals surface area contributed by atoms with E-state index in [9.17, 15) is 13.6 Å². The normalized spacial score (nSPS) is 15.6. The van der Waals surface area contributed by atoms with Crippen molar-refractivity contribution in [1.82, 2.24) is 10.2 Å². The van der Waals surface area contributed by atoms with Crippen LogP contribution in [0.15, 0.2) is 18.2 Å². The third-order valence-corrected chi connectivity index (χ3v) is 5.05. The van der Waals surface area contributed by atoms with Gasteiger partial charge in [-0.3, -0.25) is 4.79 Å². The van der Waals surface area contributed by atoms with Gasteiger partial charge in [0.1, 0.15) is 0 Å². The first kappa shape index (κ1) is 24.4. The molecule has 0 spiro atoms. The molecule has 1 heterocycles. The summed E-state index contributed by atoms with van der Waals surface area (Å²) in [5.41, 5.74) is 0.811. The van der Waals surface area contributed by atoms with E-state index in [1.54, 1.807) is 31.0 Å². The van der Waals surface area contributed by atoms with Crippen LogP contribution in [-0.2, 0) is 11.3 Å². The summed E-state index contributed by atoms with van der Waals surface area (Å²) in [7, 11) is 1.77. The number of hydrogen-bond acceptors (Lipinski definition) is 4. The number of amides is 1. The van der Waals surface area contributed by atoms with Gasteiger partial charge in [0.05, 0.1) is 6.61 Å². The molecule has 1 atom stereocenters. The summed E-state index contributed by atoms with van der Waals surface area (Å²) in [6.07, 6.45) is 2.75. The number of rotatable bonds is 9. The van der Waals surface area contributed by atoms with Crippen LogP contribution in [0.3, 0.4) is 0 Å². The quantitative estimate of drug-likeness (QED) is 0.653. The second kappa shape index (κ2) is 12.1. The Kier molecular flexibility index (Phi) is 10.5. The van der Waals surface area contributed by atoms with Crippen LogP contribution < -0.4 is 14.8 Å². The van der Waals surface area contributed by atoms with Crippen LogP contribution in [0.4, 0.5) is 8.78 Å². The molecule has 1 aliphatic heterocycles. The molecule has 8 heteroatoms. The number of piperidine rings is 1. The fourth-order valence-corrected chi connectivity index (χ4v) is 3.49. The first-order valence-corrected chi connectivity index (χ1v) is 9.56. The summed E-state index contributed by atoms with van der Waals surface area (Å²) >= 11 is 0. The number of benzene rings is 1. The van der Waals surface area contributed by atoms with Gasteiger partial charge >= 0.3 is 6.61 Å². The topological polar surface area (TPSA) is 50.8 Å². The highest BCUT2D eigenvalue weighted by molar-refractivity contribution is 5.85. The molecular weight excluding hydrogens is 390 g/mol. The van der Waals surface area contributed by atoms with E-state index in [0.29, 0.717) is 31.4 Å². The zero-order valence-electron chi connectivity index (χ0n) is 16.7. The third-order valence-electron chi connectivity index (χ3n) is 5.05. The molecule has 1 aromatic rings. The lowest BCUT2D eigenvalue weighted by Gasteiger charge is -2.29. The average molecular weight is 421 g/mol. The Morgan fingerprint density at radius 3 is 2.57 bits per heavy atom. The smallest absolute Gasteiger partial charge is 0.387 e. The van der Waals surface area contributed by atoms with Crippen LogP contribution >= 0.6 is 12.4 Å². The lowest BCUT2D eigenvalue weighted by molar-refractivity contribution is -0.131. The van der Waals surface area contributed by atoms with Gasteiger partial charge in [-0.05, 0) is 62.4 Å². The Morgan fingerprint density at radius 2 is 1.96 bits per heavy atom. The van der Waals surface area contributed by atoms with Crippen LogP contribution in [-0.4, -0.2) is 44.2 Å². The van der Waals surface area contributed by atoms with E-state index in [1.165, 1.54) is 6.07 Å². The minimum Gasteiger partial charge on any atom is -0.490 e. The van der Waals surface area contributed by atoms with Gasteiger partial charge in [0.15, 0.2) is 11.5 Å². The fourth-order valence-electron chi connectivity index (χ4n) is 3.49. The van der Waals surface area contributed by atoms with Gasteiger partial charge in [-0.25, -0.2) is 0 Å². The molecule has 0 bridgehead atoms. The first-order chi connectivity index (χ1) is 12.9. The number of alkyl halides is 2. The minimum atomic E-state index is -2.91. The van der Waals surface area contributed by atoms with E-state index < -0.39 is 6.61 Å². The molecule has 1 unspecified atom stereocenters. The summed E-state index contributed by atoms with van der Waals surface area (Å²) in [5.74, 6) is 1.29. The van der Waals surface area contributed by atoms with Crippen molar-refractivity contribution in [3.05, 3.63) is 23.8 Å². The van der Waals surface area contributed by atoms with Crippen molar-refractivity contribution in [3.63, 3.8) is 0 Å². The number of nitrogens with zero attached hydrogens (tertiary/aromatic N) is 1. The first-order valence-electron chi connectivity index (χ1n) is 9.56. The third kappa shape index (κ3) is 7.43. The summed E-state index contributed by atoms with van der Waals surface area (Å²) < 4.78 is 34.9. The van der Waals surface area contributed by atoms with Crippen molar-refractivity contribution in [1.29, 1.82) is 0 Å². The van der Waals surface area contributed by atoms with Crippen LogP contribution in [0.2, 0.25) is 0 Å². The minimum absolute atomic E-state index is 0. The molecule has 1 aliphatic rings. The molecule has 28 heavy (non-hydrogen) atoms. The largest absolute Gasteiger partial charge is 0.490 e. The summed E-state index contributed by atoms with van der Waals surface area (Å²) in [6.45, 7) is 3.79. The summed E-state index contributed by atoms with van der Waals surface area (Å²) in [6, 6.07) is 4.80. The highest BCUT2D eigenvalue weighted by Gasteiger charge is 2.23. The van der Waals surface area contributed by atoms with Crippen molar-refractivity contribution in [3.8, 4) is 11.5 Å².